The monoisotopic (exact) mass is 396 g/mol. The van der Waals surface area contributed by atoms with Gasteiger partial charge in [-0.15, -0.1) is 11.3 Å². The molecule has 1 saturated heterocycles. The fraction of sp³-hybridized carbons (Fsp3) is 0.478. The van der Waals surface area contributed by atoms with Crippen molar-refractivity contribution in [3.63, 3.8) is 0 Å². The minimum Gasteiger partial charge on any atom is -0.369 e. The van der Waals surface area contributed by atoms with E-state index in [4.69, 9.17) is 5.73 Å². The van der Waals surface area contributed by atoms with Gasteiger partial charge in [-0.2, -0.15) is 0 Å². The van der Waals surface area contributed by atoms with Crippen LogP contribution in [0.1, 0.15) is 44.1 Å². The summed E-state index contributed by atoms with van der Waals surface area (Å²) >= 11 is 1.71. The number of carbonyl (C=O) groups excluding carboxylic acids is 2. The summed E-state index contributed by atoms with van der Waals surface area (Å²) in [5, 5.41) is 2.07. The van der Waals surface area contributed by atoms with Gasteiger partial charge < -0.3 is 10.6 Å². The topological polar surface area (TPSA) is 63.4 Å². The van der Waals surface area contributed by atoms with Gasteiger partial charge in [-0.05, 0) is 54.7 Å². The van der Waals surface area contributed by atoms with Gasteiger partial charge in [0, 0.05) is 23.9 Å². The number of rotatable bonds is 5. The molecule has 4 rings (SSSR count). The Hall–Kier alpha value is -2.14. The molecule has 1 atom stereocenters. The van der Waals surface area contributed by atoms with E-state index in [2.05, 4.69) is 29.6 Å². The van der Waals surface area contributed by atoms with Crippen molar-refractivity contribution in [2.75, 3.05) is 13.1 Å². The molecule has 28 heavy (non-hydrogen) atoms. The van der Waals surface area contributed by atoms with Gasteiger partial charge in [-0.1, -0.05) is 43.2 Å². The van der Waals surface area contributed by atoms with Crippen molar-refractivity contribution in [3.8, 4) is 10.4 Å². The molecular formula is C23H28N2O2S. The lowest BCUT2D eigenvalue weighted by molar-refractivity contribution is -0.142. The van der Waals surface area contributed by atoms with Gasteiger partial charge >= 0.3 is 0 Å². The average Bonchev–Trinajstić information content (AvgIpc) is 3.42. The van der Waals surface area contributed by atoms with E-state index in [0.29, 0.717) is 13.0 Å². The molecule has 0 spiro atoms. The Morgan fingerprint density at radius 2 is 1.96 bits per heavy atom. The molecule has 2 N–H and O–H groups in total. The molecule has 1 aliphatic heterocycles. The van der Waals surface area contributed by atoms with E-state index < -0.39 is 5.41 Å². The molecule has 2 aromatic rings. The number of hydrogen-bond donors (Lipinski definition) is 1. The van der Waals surface area contributed by atoms with Crippen molar-refractivity contribution >= 4 is 23.2 Å². The summed E-state index contributed by atoms with van der Waals surface area (Å²) < 4.78 is 0. The first kappa shape index (κ1) is 19.2. The fourth-order valence-corrected chi connectivity index (χ4v) is 5.58. The second-order valence-electron chi connectivity index (χ2n) is 8.34. The first-order valence-electron chi connectivity index (χ1n) is 10.3. The number of nitrogens with two attached hydrogens (primary N) is 1. The van der Waals surface area contributed by atoms with E-state index in [1.165, 1.54) is 10.4 Å². The van der Waals surface area contributed by atoms with Crippen molar-refractivity contribution in [1.29, 1.82) is 0 Å². The van der Waals surface area contributed by atoms with Gasteiger partial charge in [-0.3, -0.25) is 9.59 Å². The lowest BCUT2D eigenvalue weighted by Crippen LogP contribution is -2.54. The molecule has 2 amide bonds. The highest BCUT2D eigenvalue weighted by Crippen LogP contribution is 2.37. The Bertz CT molecular complexity index is 842. The summed E-state index contributed by atoms with van der Waals surface area (Å²) in [6.07, 6.45) is 6.44. The zero-order chi connectivity index (χ0) is 19.6. The maximum Gasteiger partial charge on any atom is 0.225 e. The van der Waals surface area contributed by atoms with E-state index >= 15 is 0 Å². The minimum absolute atomic E-state index is 0.144. The minimum atomic E-state index is -0.666. The summed E-state index contributed by atoms with van der Waals surface area (Å²) in [7, 11) is 0. The predicted molar refractivity (Wildman–Crippen MR) is 113 cm³/mol. The number of thiophene rings is 1. The maximum absolute atomic E-state index is 12.9. The summed E-state index contributed by atoms with van der Waals surface area (Å²) in [5.74, 6) is 0.0962. The van der Waals surface area contributed by atoms with Crippen LogP contribution in [-0.2, 0) is 16.0 Å². The zero-order valence-electron chi connectivity index (χ0n) is 16.2. The second-order valence-corrected chi connectivity index (χ2v) is 9.29. The molecule has 1 aliphatic carbocycles. The molecule has 5 heteroatoms. The molecule has 0 radical (unpaired) electrons. The first-order valence-corrected chi connectivity index (χ1v) is 11.2. The Balaban J connectivity index is 1.55. The van der Waals surface area contributed by atoms with Gasteiger partial charge in [-0.25, -0.2) is 0 Å². The van der Waals surface area contributed by atoms with Crippen molar-refractivity contribution in [2.24, 2.45) is 17.1 Å². The fourth-order valence-electron chi connectivity index (χ4n) is 4.85. The highest BCUT2D eigenvalue weighted by molar-refractivity contribution is 7.13. The van der Waals surface area contributed by atoms with Crippen LogP contribution in [0.3, 0.4) is 0 Å². The van der Waals surface area contributed by atoms with Crippen molar-refractivity contribution in [2.45, 2.75) is 44.9 Å². The number of amides is 2. The van der Waals surface area contributed by atoms with Crippen LogP contribution < -0.4 is 5.73 Å². The molecule has 4 nitrogen and oxygen atoms in total. The molecular weight excluding hydrogens is 368 g/mol. The van der Waals surface area contributed by atoms with Crippen LogP contribution in [-0.4, -0.2) is 29.8 Å². The number of primary amides is 1. The Kier molecular flexibility index (Phi) is 5.54. The summed E-state index contributed by atoms with van der Waals surface area (Å²) in [6, 6.07) is 12.5. The third-order valence-corrected chi connectivity index (χ3v) is 7.31. The molecule has 2 aliphatic rings. The molecule has 2 heterocycles. The molecule has 2 fully saturated rings. The highest BCUT2D eigenvalue weighted by atomic mass is 32.1. The van der Waals surface area contributed by atoms with E-state index in [9.17, 15) is 9.59 Å². The summed E-state index contributed by atoms with van der Waals surface area (Å²) in [6.45, 7) is 1.21. The second kappa shape index (κ2) is 8.08. The lowest BCUT2D eigenvalue weighted by Gasteiger charge is -2.41. The van der Waals surface area contributed by atoms with Crippen LogP contribution in [0, 0.1) is 11.3 Å². The average molecular weight is 397 g/mol. The number of piperidine rings is 1. The molecule has 1 aromatic carbocycles. The number of benzene rings is 1. The van der Waals surface area contributed by atoms with Crippen LogP contribution in [0.4, 0.5) is 0 Å². The third-order valence-electron chi connectivity index (χ3n) is 6.39. The maximum atomic E-state index is 12.9. The molecule has 0 bridgehead atoms. The first-order chi connectivity index (χ1) is 13.6. The molecule has 1 aromatic heterocycles. The van der Waals surface area contributed by atoms with Crippen LogP contribution >= 0.6 is 11.3 Å². The SMILES string of the molecule is NC(=O)[C@]1(Cc2cccc(-c3cccs3)c2)CCCN(C(=O)C2CCCC2)C1. The highest BCUT2D eigenvalue weighted by Gasteiger charge is 2.43. The molecule has 0 unspecified atom stereocenters. The van der Waals surface area contributed by atoms with Gasteiger partial charge in [0.25, 0.3) is 0 Å². The van der Waals surface area contributed by atoms with Crippen molar-refractivity contribution < 1.29 is 9.59 Å². The lowest BCUT2D eigenvalue weighted by atomic mass is 9.74. The van der Waals surface area contributed by atoms with E-state index in [-0.39, 0.29) is 17.7 Å². The largest absolute Gasteiger partial charge is 0.369 e. The van der Waals surface area contributed by atoms with Gasteiger partial charge in [0.05, 0.1) is 5.41 Å². The quantitative estimate of drug-likeness (QED) is 0.821. The van der Waals surface area contributed by atoms with Gasteiger partial charge in [0.15, 0.2) is 0 Å². The van der Waals surface area contributed by atoms with Crippen LogP contribution in [0.15, 0.2) is 41.8 Å². The zero-order valence-corrected chi connectivity index (χ0v) is 17.0. The Labute approximate surface area is 170 Å². The number of likely N-dealkylation sites (tertiary alicyclic amines) is 1. The van der Waals surface area contributed by atoms with Crippen LogP contribution in [0.25, 0.3) is 10.4 Å². The van der Waals surface area contributed by atoms with Crippen LogP contribution in [0.5, 0.6) is 0 Å². The molecule has 1 saturated carbocycles. The summed E-state index contributed by atoms with van der Waals surface area (Å²) in [5.41, 5.74) is 7.54. The predicted octanol–water partition coefficient (Wildman–Crippen LogP) is 4.24. The number of carbonyl (C=O) groups is 2. The van der Waals surface area contributed by atoms with Crippen molar-refractivity contribution in [1.82, 2.24) is 4.90 Å². The van der Waals surface area contributed by atoms with Crippen LogP contribution in [0.2, 0.25) is 0 Å². The van der Waals surface area contributed by atoms with Gasteiger partial charge in [0.2, 0.25) is 11.8 Å². The smallest absolute Gasteiger partial charge is 0.225 e. The number of hydrogen-bond acceptors (Lipinski definition) is 3. The normalized spacial score (nSPS) is 23.1. The van der Waals surface area contributed by atoms with Crippen molar-refractivity contribution in [3.05, 3.63) is 47.3 Å². The van der Waals surface area contributed by atoms with E-state index in [1.807, 2.05) is 17.0 Å². The van der Waals surface area contributed by atoms with E-state index in [1.54, 1.807) is 11.3 Å². The standard InChI is InChI=1S/C23H28N2O2S/c24-22(27)23(11-5-12-25(16-23)21(26)18-7-1-2-8-18)15-17-6-3-9-19(14-17)20-10-4-13-28-20/h3-4,6,9-10,13-14,18H,1-2,5,7-8,11-12,15-16H2,(H2,24,27)/t23-/m0/s1. The Morgan fingerprint density at radius 3 is 2.68 bits per heavy atom. The summed E-state index contributed by atoms with van der Waals surface area (Å²) in [4.78, 5) is 28.7. The Morgan fingerprint density at radius 1 is 1.14 bits per heavy atom. The third kappa shape index (κ3) is 3.86. The van der Waals surface area contributed by atoms with Gasteiger partial charge in [0.1, 0.15) is 0 Å². The molecule has 148 valence electrons. The van der Waals surface area contributed by atoms with E-state index in [0.717, 1.165) is 50.6 Å². The number of nitrogens with zero attached hydrogens (tertiary/aromatic N) is 1.